The maximum absolute atomic E-state index is 12.3. The first-order valence-corrected chi connectivity index (χ1v) is 8.68. The molecule has 0 atom stereocenters. The highest BCUT2D eigenvalue weighted by molar-refractivity contribution is 9.10. The van der Waals surface area contributed by atoms with E-state index >= 15 is 0 Å². The van der Waals surface area contributed by atoms with Crippen molar-refractivity contribution in [3.8, 4) is 12.1 Å². The highest BCUT2D eigenvalue weighted by Crippen LogP contribution is 2.28. The van der Waals surface area contributed by atoms with Crippen LogP contribution in [0, 0.1) is 36.5 Å². The molecule has 4 nitrogen and oxygen atoms in total. The van der Waals surface area contributed by atoms with E-state index in [1.54, 1.807) is 4.90 Å². The molecule has 0 aliphatic carbocycles. The summed E-state index contributed by atoms with van der Waals surface area (Å²) >= 11 is 4.99. The predicted octanol–water partition coefficient (Wildman–Crippen LogP) is 3.81. The molecule has 0 spiro atoms. The van der Waals surface area contributed by atoms with Gasteiger partial charge in [0, 0.05) is 22.5 Å². The van der Waals surface area contributed by atoms with E-state index in [0.29, 0.717) is 18.8 Å². The van der Waals surface area contributed by atoms with Gasteiger partial charge in [-0.25, -0.2) is 0 Å². The molecule has 0 unspecified atom stereocenters. The Hall–Kier alpha value is -1.50. The van der Waals surface area contributed by atoms with Crippen LogP contribution in [0.25, 0.3) is 0 Å². The molecule has 6 heteroatoms. The van der Waals surface area contributed by atoms with Crippen LogP contribution in [0.1, 0.15) is 24.0 Å². The minimum Gasteiger partial charge on any atom is -0.340 e. The van der Waals surface area contributed by atoms with Gasteiger partial charge in [-0.1, -0.05) is 15.9 Å². The number of aryl methyl sites for hydroxylation is 2. The fourth-order valence-electron chi connectivity index (χ4n) is 1.87. The summed E-state index contributed by atoms with van der Waals surface area (Å²) in [6, 6.07) is 8.18. The van der Waals surface area contributed by atoms with E-state index in [9.17, 15) is 4.79 Å². The van der Waals surface area contributed by atoms with Crippen molar-refractivity contribution in [1.82, 2.24) is 4.90 Å². The van der Waals surface area contributed by atoms with Crippen molar-refractivity contribution in [2.45, 2.75) is 31.6 Å². The third kappa shape index (κ3) is 5.71. The number of hydrogen-bond acceptors (Lipinski definition) is 4. The molecule has 1 rings (SSSR count). The predicted molar refractivity (Wildman–Crippen MR) is 91.4 cm³/mol. The van der Waals surface area contributed by atoms with E-state index in [0.717, 1.165) is 20.5 Å². The van der Waals surface area contributed by atoms with Gasteiger partial charge < -0.3 is 4.90 Å². The van der Waals surface area contributed by atoms with Gasteiger partial charge in [-0.05, 0) is 37.1 Å². The average molecular weight is 380 g/mol. The quantitative estimate of drug-likeness (QED) is 0.675. The maximum atomic E-state index is 12.3. The molecule has 1 aromatic carbocycles. The molecule has 0 aromatic heterocycles. The lowest BCUT2D eigenvalue weighted by Gasteiger charge is -2.20. The number of halogens is 1. The SMILES string of the molecule is Cc1cc(SCC(=O)N(CCC#N)CCC#N)c(C)cc1Br. The smallest absolute Gasteiger partial charge is 0.232 e. The fraction of sp³-hybridized carbons (Fsp3) is 0.438. The number of hydrogen-bond donors (Lipinski definition) is 0. The van der Waals surface area contributed by atoms with Gasteiger partial charge in [-0.3, -0.25) is 4.79 Å². The van der Waals surface area contributed by atoms with Crippen LogP contribution in [0.5, 0.6) is 0 Å². The standard InChI is InChI=1S/C16H18BrN3OS/c1-12-10-15(13(2)9-14(12)17)22-11-16(21)20(7-3-5-18)8-4-6-19/h9-10H,3-4,7-8,11H2,1-2H3. The van der Waals surface area contributed by atoms with E-state index in [1.165, 1.54) is 11.8 Å². The van der Waals surface area contributed by atoms with Crippen LogP contribution in [0.3, 0.4) is 0 Å². The first kappa shape index (κ1) is 18.5. The van der Waals surface area contributed by atoms with Crippen LogP contribution >= 0.6 is 27.7 Å². The summed E-state index contributed by atoms with van der Waals surface area (Å²) in [4.78, 5) is 14.9. The molecule has 0 bridgehead atoms. The number of carbonyl (C=O) groups excluding carboxylic acids is 1. The van der Waals surface area contributed by atoms with Crippen LogP contribution in [0.4, 0.5) is 0 Å². The Bertz CT molecular complexity index is 601. The monoisotopic (exact) mass is 379 g/mol. The van der Waals surface area contributed by atoms with Crippen LogP contribution in [0.15, 0.2) is 21.5 Å². The summed E-state index contributed by atoms with van der Waals surface area (Å²) in [5, 5.41) is 17.3. The molecular weight excluding hydrogens is 362 g/mol. The fourth-order valence-corrected chi connectivity index (χ4v) is 3.34. The number of amides is 1. The Morgan fingerprint density at radius 1 is 1.18 bits per heavy atom. The number of benzene rings is 1. The topological polar surface area (TPSA) is 67.9 Å². The molecule has 116 valence electrons. The first-order valence-electron chi connectivity index (χ1n) is 6.90. The summed E-state index contributed by atoms with van der Waals surface area (Å²) in [6.07, 6.45) is 0.580. The van der Waals surface area contributed by atoms with Gasteiger partial charge in [0.15, 0.2) is 0 Å². The van der Waals surface area contributed by atoms with Crippen molar-refractivity contribution in [3.05, 3.63) is 27.7 Å². The van der Waals surface area contributed by atoms with Gasteiger partial charge in [0.25, 0.3) is 0 Å². The minimum atomic E-state index is -0.0320. The summed E-state index contributed by atoms with van der Waals surface area (Å²) < 4.78 is 1.06. The average Bonchev–Trinajstić information content (AvgIpc) is 2.49. The summed E-state index contributed by atoms with van der Waals surface area (Å²) in [5.74, 6) is 0.286. The molecule has 0 N–H and O–H groups in total. The van der Waals surface area contributed by atoms with Gasteiger partial charge in [0.05, 0.1) is 30.7 Å². The maximum Gasteiger partial charge on any atom is 0.232 e. The molecular formula is C16H18BrN3OS. The Labute approximate surface area is 144 Å². The van der Waals surface area contributed by atoms with E-state index in [1.807, 2.05) is 32.1 Å². The van der Waals surface area contributed by atoms with E-state index in [2.05, 4.69) is 22.0 Å². The zero-order valence-corrected chi connectivity index (χ0v) is 15.1. The normalized spacial score (nSPS) is 9.86. The Morgan fingerprint density at radius 3 is 2.32 bits per heavy atom. The van der Waals surface area contributed by atoms with Crippen molar-refractivity contribution in [2.75, 3.05) is 18.8 Å². The largest absolute Gasteiger partial charge is 0.340 e. The van der Waals surface area contributed by atoms with E-state index in [4.69, 9.17) is 10.5 Å². The second-order valence-corrected chi connectivity index (χ2v) is 6.72. The number of carbonyl (C=O) groups is 1. The molecule has 0 aliphatic rings. The van der Waals surface area contributed by atoms with Crippen molar-refractivity contribution >= 4 is 33.6 Å². The molecule has 0 saturated carbocycles. The molecule has 1 aromatic rings. The second kappa shape index (κ2) is 9.50. The van der Waals surface area contributed by atoms with Crippen LogP contribution in [-0.4, -0.2) is 29.6 Å². The van der Waals surface area contributed by atoms with E-state index in [-0.39, 0.29) is 18.7 Å². The van der Waals surface area contributed by atoms with Crippen molar-refractivity contribution in [2.24, 2.45) is 0 Å². The van der Waals surface area contributed by atoms with Gasteiger partial charge in [-0.15, -0.1) is 11.8 Å². The van der Waals surface area contributed by atoms with Crippen molar-refractivity contribution in [1.29, 1.82) is 10.5 Å². The molecule has 0 radical (unpaired) electrons. The lowest BCUT2D eigenvalue weighted by molar-refractivity contribution is -0.128. The van der Waals surface area contributed by atoms with Crippen LogP contribution < -0.4 is 0 Å². The molecule has 0 fully saturated rings. The van der Waals surface area contributed by atoms with E-state index < -0.39 is 0 Å². The third-order valence-corrected chi connectivity index (χ3v) is 5.14. The van der Waals surface area contributed by atoms with Crippen LogP contribution in [-0.2, 0) is 4.79 Å². The van der Waals surface area contributed by atoms with Gasteiger partial charge in [0.1, 0.15) is 0 Å². The molecule has 0 heterocycles. The van der Waals surface area contributed by atoms with Gasteiger partial charge in [-0.2, -0.15) is 10.5 Å². The van der Waals surface area contributed by atoms with Crippen LogP contribution in [0.2, 0.25) is 0 Å². The molecule has 0 aliphatic heterocycles. The lowest BCUT2D eigenvalue weighted by atomic mass is 10.2. The third-order valence-electron chi connectivity index (χ3n) is 3.15. The van der Waals surface area contributed by atoms with Crippen molar-refractivity contribution in [3.63, 3.8) is 0 Å². The molecule has 1 amide bonds. The summed E-state index contributed by atoms with van der Waals surface area (Å²) in [6.45, 7) is 4.80. The van der Waals surface area contributed by atoms with Crippen molar-refractivity contribution < 1.29 is 4.79 Å². The Morgan fingerprint density at radius 2 is 1.77 bits per heavy atom. The first-order chi connectivity index (χ1) is 10.5. The zero-order chi connectivity index (χ0) is 16.5. The Balaban J connectivity index is 2.68. The lowest BCUT2D eigenvalue weighted by Crippen LogP contribution is -2.34. The Kier molecular flexibility index (Phi) is 8.01. The second-order valence-electron chi connectivity index (χ2n) is 4.85. The number of rotatable bonds is 7. The number of nitrogens with zero attached hydrogens (tertiary/aromatic N) is 3. The highest BCUT2D eigenvalue weighted by Gasteiger charge is 2.14. The number of nitriles is 2. The van der Waals surface area contributed by atoms with Gasteiger partial charge >= 0.3 is 0 Å². The summed E-state index contributed by atoms with van der Waals surface area (Å²) in [5.41, 5.74) is 2.25. The minimum absolute atomic E-state index is 0.0320. The highest BCUT2D eigenvalue weighted by atomic mass is 79.9. The van der Waals surface area contributed by atoms with Gasteiger partial charge in [0.2, 0.25) is 5.91 Å². The molecule has 0 saturated heterocycles. The molecule has 22 heavy (non-hydrogen) atoms. The zero-order valence-electron chi connectivity index (χ0n) is 12.7. The number of thioether (sulfide) groups is 1. The summed E-state index contributed by atoms with van der Waals surface area (Å²) in [7, 11) is 0.